The molecule has 2 heterocycles. The third-order valence-corrected chi connectivity index (χ3v) is 7.68. The first kappa shape index (κ1) is 24.0. The van der Waals surface area contributed by atoms with Crippen molar-refractivity contribution >= 4 is 17.5 Å². The number of aromatic amines is 1. The van der Waals surface area contributed by atoms with Crippen LogP contribution in [0.1, 0.15) is 70.2 Å². The van der Waals surface area contributed by atoms with Crippen LogP contribution in [0.15, 0.2) is 48.5 Å². The number of carbonyl (C=O) groups is 1. The minimum atomic E-state index is -0.548. The molecule has 1 aromatic heterocycles. The summed E-state index contributed by atoms with van der Waals surface area (Å²) in [6.07, 6.45) is 6.74. The van der Waals surface area contributed by atoms with Gasteiger partial charge in [-0.3, -0.25) is 9.89 Å². The summed E-state index contributed by atoms with van der Waals surface area (Å²) < 4.78 is 0. The van der Waals surface area contributed by atoms with Gasteiger partial charge in [0.15, 0.2) is 0 Å². The highest BCUT2D eigenvalue weighted by atomic mass is 35.5. The molecule has 3 aromatic rings. The fraction of sp³-hybridized carbons (Fsp3) is 0.429. The molecule has 1 saturated heterocycles. The van der Waals surface area contributed by atoms with Crippen molar-refractivity contribution in [2.45, 2.75) is 69.7 Å². The highest BCUT2D eigenvalue weighted by Gasteiger charge is 2.30. The summed E-state index contributed by atoms with van der Waals surface area (Å²) in [6.45, 7) is 0.524. The number of amides is 1. The van der Waals surface area contributed by atoms with Crippen molar-refractivity contribution in [2.24, 2.45) is 0 Å². The Bertz CT molecular complexity index is 1160. The van der Waals surface area contributed by atoms with E-state index in [4.69, 9.17) is 11.6 Å². The zero-order chi connectivity index (χ0) is 24.4. The number of benzene rings is 2. The molecule has 1 amide bonds. The van der Waals surface area contributed by atoms with Gasteiger partial charge >= 0.3 is 0 Å². The van der Waals surface area contributed by atoms with Crippen molar-refractivity contribution in [1.29, 1.82) is 0 Å². The number of carbonyl (C=O) groups excluding carboxylic acids is 1. The zero-order valence-electron chi connectivity index (χ0n) is 20.1. The van der Waals surface area contributed by atoms with Gasteiger partial charge in [-0.25, -0.2) is 0 Å². The third kappa shape index (κ3) is 5.45. The standard InChI is InChI=1S/C28H33ClN4O2/c1-33(17-26-23-4-2-3-5-24(23)31-32-26)28(35)20-8-6-18(7-9-20)16-22-14-15-25(30-22)27(34)19-10-12-21(29)13-11-19/h6-13,22,25,27,30,34H,2-5,14-17H2,1H3,(H,31,32)/t22-,25+,27+/m0/s1. The molecule has 6 nitrogen and oxygen atoms in total. The predicted octanol–water partition coefficient (Wildman–Crippen LogP) is 4.61. The molecule has 35 heavy (non-hydrogen) atoms. The third-order valence-electron chi connectivity index (χ3n) is 7.43. The molecule has 3 N–H and O–H groups in total. The normalized spacial score (nSPS) is 20.4. The quantitative estimate of drug-likeness (QED) is 0.450. The predicted molar refractivity (Wildman–Crippen MR) is 138 cm³/mol. The van der Waals surface area contributed by atoms with Gasteiger partial charge in [-0.1, -0.05) is 35.9 Å². The van der Waals surface area contributed by atoms with Gasteiger partial charge in [0, 0.05) is 35.4 Å². The molecule has 0 saturated carbocycles. The largest absolute Gasteiger partial charge is 0.387 e. The molecule has 0 unspecified atom stereocenters. The lowest BCUT2D eigenvalue weighted by atomic mass is 9.96. The molecule has 5 rings (SSSR count). The van der Waals surface area contributed by atoms with E-state index in [2.05, 4.69) is 15.5 Å². The van der Waals surface area contributed by atoms with E-state index in [-0.39, 0.29) is 11.9 Å². The molecule has 184 valence electrons. The zero-order valence-corrected chi connectivity index (χ0v) is 20.9. The second-order valence-electron chi connectivity index (χ2n) is 9.94. The van der Waals surface area contributed by atoms with Crippen molar-refractivity contribution in [1.82, 2.24) is 20.4 Å². The lowest BCUT2D eigenvalue weighted by molar-refractivity contribution is 0.0783. The molecule has 1 aliphatic carbocycles. The number of aryl methyl sites for hydroxylation is 1. The molecular formula is C28H33ClN4O2. The van der Waals surface area contributed by atoms with E-state index in [0.717, 1.165) is 43.4 Å². The van der Waals surface area contributed by atoms with Crippen LogP contribution in [0.25, 0.3) is 0 Å². The number of H-pyrrole nitrogens is 1. The minimum Gasteiger partial charge on any atom is -0.387 e. The number of nitrogens with one attached hydrogen (secondary N) is 2. The van der Waals surface area contributed by atoms with E-state index in [9.17, 15) is 9.90 Å². The highest BCUT2D eigenvalue weighted by Crippen LogP contribution is 2.28. The van der Waals surface area contributed by atoms with E-state index in [0.29, 0.717) is 23.2 Å². The van der Waals surface area contributed by atoms with Crippen molar-refractivity contribution in [3.8, 4) is 0 Å². The maximum absolute atomic E-state index is 13.0. The monoisotopic (exact) mass is 492 g/mol. The lowest BCUT2D eigenvalue weighted by Crippen LogP contribution is -2.35. The number of aliphatic hydroxyl groups is 1. The van der Waals surface area contributed by atoms with Gasteiger partial charge < -0.3 is 15.3 Å². The van der Waals surface area contributed by atoms with Crippen LogP contribution < -0.4 is 5.32 Å². The van der Waals surface area contributed by atoms with Gasteiger partial charge in [0.2, 0.25) is 0 Å². The van der Waals surface area contributed by atoms with Gasteiger partial charge in [-0.2, -0.15) is 5.10 Å². The number of halogens is 1. The molecule has 2 aliphatic rings. The van der Waals surface area contributed by atoms with Gasteiger partial charge in [0.1, 0.15) is 0 Å². The SMILES string of the molecule is CN(Cc1n[nH]c2c1CCCC2)C(=O)c1ccc(C[C@@H]2CC[C@H]([C@H](O)c3ccc(Cl)cc3)N2)cc1. The van der Waals surface area contributed by atoms with Gasteiger partial charge in [0.05, 0.1) is 18.3 Å². The average Bonchev–Trinajstić information content (AvgIpc) is 3.51. The van der Waals surface area contributed by atoms with E-state index in [1.165, 1.54) is 29.7 Å². The van der Waals surface area contributed by atoms with Gasteiger partial charge in [-0.05, 0) is 85.9 Å². The topological polar surface area (TPSA) is 81.2 Å². The van der Waals surface area contributed by atoms with Crippen molar-refractivity contribution < 1.29 is 9.90 Å². The Labute approximate surface area is 211 Å². The van der Waals surface area contributed by atoms with Crippen molar-refractivity contribution in [3.05, 3.63) is 87.2 Å². The number of aliphatic hydroxyl groups excluding tert-OH is 1. The summed E-state index contributed by atoms with van der Waals surface area (Å²) in [7, 11) is 1.84. The van der Waals surface area contributed by atoms with Crippen LogP contribution in [0.3, 0.4) is 0 Å². The molecule has 2 aromatic carbocycles. The first-order chi connectivity index (χ1) is 17.0. The Hall–Kier alpha value is -2.67. The summed E-state index contributed by atoms with van der Waals surface area (Å²) in [5.41, 5.74) is 6.29. The number of aromatic nitrogens is 2. The fourth-order valence-corrected chi connectivity index (χ4v) is 5.54. The summed E-state index contributed by atoms with van der Waals surface area (Å²) in [5.74, 6) is 0.00857. The minimum absolute atomic E-state index is 0.00857. The Balaban J connectivity index is 1.15. The van der Waals surface area contributed by atoms with E-state index < -0.39 is 6.10 Å². The van der Waals surface area contributed by atoms with Crippen LogP contribution in [0, 0.1) is 0 Å². The summed E-state index contributed by atoms with van der Waals surface area (Å²) >= 11 is 5.97. The molecule has 0 spiro atoms. The molecular weight excluding hydrogens is 460 g/mol. The number of nitrogens with zero attached hydrogens (tertiary/aromatic N) is 2. The Morgan fingerprint density at radius 3 is 2.63 bits per heavy atom. The Kier molecular flexibility index (Phi) is 7.23. The molecule has 1 fully saturated rings. The maximum atomic E-state index is 13.0. The molecule has 0 bridgehead atoms. The number of hydrogen-bond acceptors (Lipinski definition) is 4. The van der Waals surface area contributed by atoms with Gasteiger partial charge in [-0.15, -0.1) is 0 Å². The Morgan fingerprint density at radius 2 is 1.86 bits per heavy atom. The van der Waals surface area contributed by atoms with Crippen LogP contribution in [0.5, 0.6) is 0 Å². The second kappa shape index (κ2) is 10.5. The summed E-state index contributed by atoms with van der Waals surface area (Å²) in [5, 5.41) is 22.6. The van der Waals surface area contributed by atoms with Crippen LogP contribution in [0.4, 0.5) is 0 Å². The molecule has 7 heteroatoms. The van der Waals surface area contributed by atoms with Crippen LogP contribution >= 0.6 is 11.6 Å². The summed E-state index contributed by atoms with van der Waals surface area (Å²) in [6, 6.07) is 15.7. The number of rotatable bonds is 7. The smallest absolute Gasteiger partial charge is 0.253 e. The average molecular weight is 493 g/mol. The summed E-state index contributed by atoms with van der Waals surface area (Å²) in [4.78, 5) is 14.8. The van der Waals surface area contributed by atoms with E-state index >= 15 is 0 Å². The molecule has 3 atom stereocenters. The van der Waals surface area contributed by atoms with Gasteiger partial charge in [0.25, 0.3) is 5.91 Å². The number of hydrogen-bond donors (Lipinski definition) is 3. The highest BCUT2D eigenvalue weighted by molar-refractivity contribution is 6.30. The first-order valence-corrected chi connectivity index (χ1v) is 12.9. The lowest BCUT2D eigenvalue weighted by Gasteiger charge is -2.21. The van der Waals surface area contributed by atoms with E-state index in [1.807, 2.05) is 55.6 Å². The second-order valence-corrected chi connectivity index (χ2v) is 10.4. The Morgan fingerprint density at radius 1 is 1.11 bits per heavy atom. The number of fused-ring (bicyclic) bond motifs is 1. The van der Waals surface area contributed by atoms with Crippen LogP contribution in [-0.4, -0.2) is 45.2 Å². The molecule has 1 aliphatic heterocycles. The van der Waals surface area contributed by atoms with Crippen LogP contribution in [-0.2, 0) is 25.8 Å². The maximum Gasteiger partial charge on any atom is 0.253 e. The molecule has 0 radical (unpaired) electrons. The van der Waals surface area contributed by atoms with Crippen LogP contribution in [0.2, 0.25) is 5.02 Å². The fourth-order valence-electron chi connectivity index (χ4n) is 5.42. The van der Waals surface area contributed by atoms with E-state index in [1.54, 1.807) is 4.90 Å². The van der Waals surface area contributed by atoms with Crippen molar-refractivity contribution in [2.75, 3.05) is 7.05 Å². The first-order valence-electron chi connectivity index (χ1n) is 12.6. The van der Waals surface area contributed by atoms with Crippen molar-refractivity contribution in [3.63, 3.8) is 0 Å².